The third kappa shape index (κ3) is 4.98. The Hall–Kier alpha value is -7.05. The van der Waals surface area contributed by atoms with Gasteiger partial charge in [-0.15, -0.1) is 0 Å². The van der Waals surface area contributed by atoms with Gasteiger partial charge >= 0.3 is 0 Å². The first-order chi connectivity index (χ1) is 27.2. The summed E-state index contributed by atoms with van der Waals surface area (Å²) in [5.74, 6) is 1.72. The van der Waals surface area contributed by atoms with Crippen LogP contribution >= 0.6 is 0 Å². The van der Waals surface area contributed by atoms with E-state index in [2.05, 4.69) is 102 Å². The molecule has 11 rings (SSSR count). The Balaban J connectivity index is 1.18. The minimum Gasteiger partial charge on any atom is -0.456 e. The largest absolute Gasteiger partial charge is 0.456 e. The zero-order valence-corrected chi connectivity index (χ0v) is 30.2. The molecule has 0 fully saturated rings. The Bertz CT molecular complexity index is 3260. The SMILES string of the molecule is CCCCc1cccc2c1oc1cccc(-c3ccc4c5ccccc5n(-c5nc(-c6ccccc6)nc(-c6cccc7oc8ccccc8c67)n5)c4c3)c12. The van der Waals surface area contributed by atoms with Crippen LogP contribution < -0.4 is 0 Å². The third-order valence-electron chi connectivity index (χ3n) is 10.9. The molecule has 4 aromatic heterocycles. The summed E-state index contributed by atoms with van der Waals surface area (Å²) >= 11 is 0. The molecule has 0 aliphatic carbocycles. The smallest absolute Gasteiger partial charge is 0.238 e. The second kappa shape index (κ2) is 12.5. The van der Waals surface area contributed by atoms with E-state index in [1.165, 1.54) is 5.56 Å². The van der Waals surface area contributed by atoms with Crippen molar-refractivity contribution in [1.29, 1.82) is 0 Å². The van der Waals surface area contributed by atoms with E-state index >= 15 is 0 Å². The zero-order valence-electron chi connectivity index (χ0n) is 30.2. The minimum atomic E-state index is 0.546. The summed E-state index contributed by atoms with van der Waals surface area (Å²) in [4.78, 5) is 15.7. The van der Waals surface area contributed by atoms with Crippen LogP contribution in [0.25, 0.3) is 106 Å². The minimum absolute atomic E-state index is 0.546. The average Bonchev–Trinajstić information content (AvgIpc) is 3.93. The molecule has 6 nitrogen and oxygen atoms in total. The molecule has 0 aliphatic rings. The van der Waals surface area contributed by atoms with Gasteiger partial charge in [0, 0.05) is 43.4 Å². The molecular weight excluding hydrogens is 677 g/mol. The number of rotatable bonds is 7. The van der Waals surface area contributed by atoms with Crippen LogP contribution in [-0.2, 0) is 6.42 Å². The highest BCUT2D eigenvalue weighted by Crippen LogP contribution is 2.41. The van der Waals surface area contributed by atoms with Gasteiger partial charge in [0.05, 0.1) is 11.0 Å². The van der Waals surface area contributed by atoms with Crippen molar-refractivity contribution >= 4 is 65.7 Å². The van der Waals surface area contributed by atoms with E-state index in [1.807, 2.05) is 60.7 Å². The zero-order chi connectivity index (χ0) is 36.5. The Labute approximate surface area is 316 Å². The van der Waals surface area contributed by atoms with E-state index in [-0.39, 0.29) is 0 Å². The van der Waals surface area contributed by atoms with Gasteiger partial charge in [0.15, 0.2) is 11.6 Å². The number of benzene rings is 7. The highest BCUT2D eigenvalue weighted by Gasteiger charge is 2.22. The van der Waals surface area contributed by atoms with Gasteiger partial charge in [-0.3, -0.25) is 4.57 Å². The number of aryl methyl sites for hydroxylation is 1. The fourth-order valence-electron chi connectivity index (χ4n) is 8.33. The molecule has 0 amide bonds. The first kappa shape index (κ1) is 31.5. The van der Waals surface area contributed by atoms with Crippen molar-refractivity contribution in [2.24, 2.45) is 0 Å². The summed E-state index contributed by atoms with van der Waals surface area (Å²) in [5, 5.41) is 6.54. The predicted octanol–water partition coefficient (Wildman–Crippen LogP) is 13.1. The molecule has 0 spiro atoms. The summed E-state index contributed by atoms with van der Waals surface area (Å²) in [5.41, 5.74) is 10.8. The van der Waals surface area contributed by atoms with Crippen LogP contribution in [0.4, 0.5) is 0 Å². The third-order valence-corrected chi connectivity index (χ3v) is 10.9. The van der Waals surface area contributed by atoms with Crippen LogP contribution in [0.15, 0.2) is 160 Å². The van der Waals surface area contributed by atoms with Crippen molar-refractivity contribution in [3.05, 3.63) is 157 Å². The van der Waals surface area contributed by atoms with Crippen LogP contribution in [0.1, 0.15) is 25.3 Å². The van der Waals surface area contributed by atoms with E-state index in [0.717, 1.165) is 107 Å². The second-order valence-corrected chi connectivity index (χ2v) is 14.2. The Kier molecular flexibility index (Phi) is 7.17. The molecule has 55 heavy (non-hydrogen) atoms. The van der Waals surface area contributed by atoms with E-state index in [0.29, 0.717) is 17.6 Å². The number of hydrogen-bond donors (Lipinski definition) is 0. The van der Waals surface area contributed by atoms with Crippen LogP contribution in [0.5, 0.6) is 0 Å². The van der Waals surface area contributed by atoms with Crippen molar-refractivity contribution in [3.63, 3.8) is 0 Å². The lowest BCUT2D eigenvalue weighted by atomic mass is 9.97. The van der Waals surface area contributed by atoms with Gasteiger partial charge in [0.25, 0.3) is 0 Å². The second-order valence-electron chi connectivity index (χ2n) is 14.2. The lowest BCUT2D eigenvalue weighted by Crippen LogP contribution is -2.06. The van der Waals surface area contributed by atoms with Crippen molar-refractivity contribution in [3.8, 4) is 39.9 Å². The summed E-state index contributed by atoms with van der Waals surface area (Å²) in [6, 6.07) is 52.5. The standard InChI is InChI=1S/C49H34N4O2/c1-2-3-14-30-17-11-21-37-44-33(20-12-26-43(44)55-46(30)37)32-27-28-35-34-18-7-9-23-39(34)53(40(35)29-32)49-51-47(31-15-5-4-6-16-31)50-48(52-49)38-22-13-25-42-45(38)36-19-8-10-24-41(36)54-42/h4-13,15-29H,2-3,14H2,1H3. The van der Waals surface area contributed by atoms with Crippen molar-refractivity contribution in [1.82, 2.24) is 19.5 Å². The maximum Gasteiger partial charge on any atom is 0.238 e. The van der Waals surface area contributed by atoms with Crippen LogP contribution in [-0.4, -0.2) is 19.5 Å². The molecule has 0 atom stereocenters. The molecule has 262 valence electrons. The highest BCUT2D eigenvalue weighted by molar-refractivity contribution is 6.15. The normalized spacial score (nSPS) is 11.9. The number of unbranched alkanes of at least 4 members (excludes halogenated alkanes) is 1. The van der Waals surface area contributed by atoms with E-state index in [1.54, 1.807) is 0 Å². The van der Waals surface area contributed by atoms with Gasteiger partial charge in [-0.05, 0) is 59.9 Å². The Morgan fingerprint density at radius 1 is 0.491 bits per heavy atom. The molecule has 0 saturated heterocycles. The van der Waals surface area contributed by atoms with E-state index < -0.39 is 0 Å². The summed E-state index contributed by atoms with van der Waals surface area (Å²) in [6.45, 7) is 2.23. The van der Waals surface area contributed by atoms with E-state index in [4.69, 9.17) is 23.8 Å². The molecule has 11 aromatic rings. The first-order valence-corrected chi connectivity index (χ1v) is 18.9. The number of nitrogens with zero attached hydrogens (tertiary/aromatic N) is 4. The molecule has 0 N–H and O–H groups in total. The topological polar surface area (TPSA) is 69.9 Å². The molecule has 0 radical (unpaired) electrons. The molecule has 0 bridgehead atoms. The molecule has 4 heterocycles. The van der Waals surface area contributed by atoms with Gasteiger partial charge < -0.3 is 8.83 Å². The Morgan fingerprint density at radius 2 is 1.16 bits per heavy atom. The molecule has 0 saturated carbocycles. The molecule has 6 heteroatoms. The van der Waals surface area contributed by atoms with Crippen LogP contribution in [0, 0.1) is 0 Å². The lowest BCUT2D eigenvalue weighted by Gasteiger charge is -2.12. The first-order valence-electron chi connectivity index (χ1n) is 18.9. The van der Waals surface area contributed by atoms with Crippen molar-refractivity contribution in [2.45, 2.75) is 26.2 Å². The number of fused-ring (bicyclic) bond motifs is 9. The van der Waals surface area contributed by atoms with Gasteiger partial charge in [-0.25, -0.2) is 4.98 Å². The fourth-order valence-corrected chi connectivity index (χ4v) is 8.33. The summed E-state index contributed by atoms with van der Waals surface area (Å²) in [7, 11) is 0. The van der Waals surface area contributed by atoms with E-state index in [9.17, 15) is 0 Å². The summed E-state index contributed by atoms with van der Waals surface area (Å²) < 4.78 is 15.1. The highest BCUT2D eigenvalue weighted by atomic mass is 16.3. The molecule has 0 aliphatic heterocycles. The number of furan rings is 2. The Morgan fingerprint density at radius 3 is 2.04 bits per heavy atom. The maximum atomic E-state index is 6.59. The van der Waals surface area contributed by atoms with Crippen LogP contribution in [0.2, 0.25) is 0 Å². The predicted molar refractivity (Wildman–Crippen MR) is 224 cm³/mol. The molecule has 7 aromatic carbocycles. The fraction of sp³-hybridized carbons (Fsp3) is 0.0816. The monoisotopic (exact) mass is 710 g/mol. The number of aromatic nitrogens is 4. The maximum absolute atomic E-state index is 6.59. The van der Waals surface area contributed by atoms with Gasteiger partial charge in [-0.1, -0.05) is 135 Å². The quantitative estimate of drug-likeness (QED) is 0.165. The molecular formula is C49H34N4O2. The average molecular weight is 711 g/mol. The summed E-state index contributed by atoms with van der Waals surface area (Å²) in [6.07, 6.45) is 3.27. The van der Waals surface area contributed by atoms with Crippen molar-refractivity contribution < 1.29 is 8.83 Å². The number of hydrogen-bond acceptors (Lipinski definition) is 5. The van der Waals surface area contributed by atoms with Gasteiger partial charge in [0.1, 0.15) is 22.3 Å². The van der Waals surface area contributed by atoms with Gasteiger partial charge in [0.2, 0.25) is 5.95 Å². The van der Waals surface area contributed by atoms with Crippen LogP contribution in [0.3, 0.4) is 0 Å². The van der Waals surface area contributed by atoms with Gasteiger partial charge in [-0.2, -0.15) is 9.97 Å². The van der Waals surface area contributed by atoms with Crippen molar-refractivity contribution in [2.75, 3.05) is 0 Å². The number of para-hydroxylation sites is 3. The molecule has 0 unspecified atom stereocenters. The lowest BCUT2D eigenvalue weighted by molar-refractivity contribution is 0.658.